The first kappa shape index (κ1) is 17.9. The molecule has 1 aromatic heterocycles. The quantitative estimate of drug-likeness (QED) is 0.663. The van der Waals surface area contributed by atoms with Crippen LogP contribution in [0.5, 0.6) is 5.75 Å². The first-order valence-corrected chi connectivity index (χ1v) is 8.55. The molecule has 0 saturated carbocycles. The van der Waals surface area contributed by atoms with Crippen LogP contribution >= 0.6 is 12.2 Å². The van der Waals surface area contributed by atoms with E-state index < -0.39 is 0 Å². The van der Waals surface area contributed by atoms with Crippen LogP contribution < -0.4 is 15.4 Å². The lowest BCUT2D eigenvalue weighted by molar-refractivity contribution is 0.376. The van der Waals surface area contributed by atoms with E-state index in [2.05, 4.69) is 33.8 Å². The maximum Gasteiger partial charge on any atom is 0.246 e. The zero-order valence-corrected chi connectivity index (χ0v) is 15.7. The fourth-order valence-electron chi connectivity index (χ4n) is 2.46. The molecule has 1 heterocycles. The van der Waals surface area contributed by atoms with Crippen LogP contribution in [0.4, 0.5) is 5.69 Å². The molecule has 0 fully saturated rings. The Labute approximate surface area is 157 Å². The van der Waals surface area contributed by atoms with Crippen molar-refractivity contribution < 1.29 is 9.26 Å². The second-order valence-electron chi connectivity index (χ2n) is 5.87. The van der Waals surface area contributed by atoms with E-state index in [0.717, 1.165) is 22.6 Å². The minimum Gasteiger partial charge on any atom is -0.497 e. The Morgan fingerprint density at radius 2 is 1.92 bits per heavy atom. The molecule has 0 aliphatic heterocycles. The monoisotopic (exact) mass is 368 g/mol. The smallest absolute Gasteiger partial charge is 0.246 e. The van der Waals surface area contributed by atoms with Crippen LogP contribution in [0, 0.1) is 13.8 Å². The molecule has 0 unspecified atom stereocenters. The highest BCUT2D eigenvalue weighted by molar-refractivity contribution is 7.80. The van der Waals surface area contributed by atoms with Gasteiger partial charge in [-0.15, -0.1) is 0 Å². The van der Waals surface area contributed by atoms with Gasteiger partial charge in [-0.05, 0) is 62.0 Å². The van der Waals surface area contributed by atoms with Crippen molar-refractivity contribution in [2.75, 3.05) is 12.4 Å². The van der Waals surface area contributed by atoms with E-state index in [1.54, 1.807) is 7.11 Å². The summed E-state index contributed by atoms with van der Waals surface area (Å²) in [6, 6.07) is 13.6. The fourth-order valence-corrected chi connectivity index (χ4v) is 2.64. The molecule has 3 rings (SSSR count). The van der Waals surface area contributed by atoms with E-state index in [9.17, 15) is 0 Å². The minimum atomic E-state index is 0.347. The zero-order valence-electron chi connectivity index (χ0n) is 14.9. The van der Waals surface area contributed by atoms with Crippen LogP contribution in [0.3, 0.4) is 0 Å². The second kappa shape index (κ2) is 7.97. The maximum atomic E-state index is 5.33. The molecule has 0 amide bonds. The van der Waals surface area contributed by atoms with E-state index in [0.29, 0.717) is 23.4 Å². The van der Waals surface area contributed by atoms with E-state index in [-0.39, 0.29) is 0 Å². The van der Waals surface area contributed by atoms with Crippen LogP contribution in [0.15, 0.2) is 47.0 Å². The van der Waals surface area contributed by atoms with E-state index >= 15 is 0 Å². The number of rotatable bonds is 5. The number of aryl methyl sites for hydroxylation is 2. The highest BCUT2D eigenvalue weighted by atomic mass is 32.1. The Bertz CT molecular complexity index is 906. The molecule has 0 aliphatic rings. The van der Waals surface area contributed by atoms with Crippen molar-refractivity contribution in [2.24, 2.45) is 0 Å². The van der Waals surface area contributed by atoms with Gasteiger partial charge in [0.05, 0.1) is 13.7 Å². The van der Waals surface area contributed by atoms with Gasteiger partial charge in [0.1, 0.15) is 5.75 Å². The summed E-state index contributed by atoms with van der Waals surface area (Å²) in [5, 5.41) is 10.7. The first-order chi connectivity index (χ1) is 12.5. The average molecular weight is 368 g/mol. The van der Waals surface area contributed by atoms with Crippen molar-refractivity contribution in [2.45, 2.75) is 20.4 Å². The highest BCUT2D eigenvalue weighted by Gasteiger charge is 2.09. The van der Waals surface area contributed by atoms with Crippen molar-refractivity contribution >= 4 is 23.0 Å². The Hall–Kier alpha value is -2.93. The Morgan fingerprint density at radius 1 is 1.15 bits per heavy atom. The normalized spacial score (nSPS) is 10.4. The summed E-state index contributed by atoms with van der Waals surface area (Å²) in [4.78, 5) is 4.38. The van der Waals surface area contributed by atoms with Crippen LogP contribution in [0.1, 0.15) is 17.0 Å². The van der Waals surface area contributed by atoms with Gasteiger partial charge < -0.3 is 19.9 Å². The molecule has 2 aromatic carbocycles. The van der Waals surface area contributed by atoms with Gasteiger partial charge in [0.2, 0.25) is 11.7 Å². The molecular formula is C19H20N4O2S. The lowest BCUT2D eigenvalue weighted by Crippen LogP contribution is -2.28. The number of nitrogens with one attached hydrogen (secondary N) is 2. The molecule has 7 heteroatoms. The molecule has 6 nitrogen and oxygen atoms in total. The SMILES string of the molecule is COc1ccc(-c2noc(CNC(=S)Nc3ccc(C)cc3C)n2)cc1. The fraction of sp³-hybridized carbons (Fsp3) is 0.211. The molecule has 0 spiro atoms. The highest BCUT2D eigenvalue weighted by Crippen LogP contribution is 2.20. The second-order valence-corrected chi connectivity index (χ2v) is 6.27. The molecular weight excluding hydrogens is 348 g/mol. The number of benzene rings is 2. The average Bonchev–Trinajstić information content (AvgIpc) is 3.11. The van der Waals surface area contributed by atoms with Crippen molar-refractivity contribution in [3.8, 4) is 17.1 Å². The summed E-state index contributed by atoms with van der Waals surface area (Å²) < 4.78 is 10.4. The number of hydrogen-bond acceptors (Lipinski definition) is 5. The van der Waals surface area contributed by atoms with Gasteiger partial charge in [-0.1, -0.05) is 22.9 Å². The summed E-state index contributed by atoms with van der Waals surface area (Å²) in [6.07, 6.45) is 0. The van der Waals surface area contributed by atoms with Crippen molar-refractivity contribution in [1.82, 2.24) is 15.5 Å². The third kappa shape index (κ3) is 4.37. The van der Waals surface area contributed by atoms with Crippen LogP contribution in [-0.2, 0) is 6.54 Å². The number of thiocarbonyl (C=S) groups is 1. The number of ether oxygens (including phenoxy) is 1. The Morgan fingerprint density at radius 3 is 2.62 bits per heavy atom. The van der Waals surface area contributed by atoms with E-state index in [1.807, 2.05) is 43.3 Å². The van der Waals surface area contributed by atoms with Crippen LogP contribution in [0.2, 0.25) is 0 Å². The lowest BCUT2D eigenvalue weighted by atomic mass is 10.1. The Kier molecular flexibility index (Phi) is 5.48. The summed E-state index contributed by atoms with van der Waals surface area (Å²) in [5.74, 6) is 1.76. The van der Waals surface area contributed by atoms with Crippen LogP contribution in [0.25, 0.3) is 11.4 Å². The van der Waals surface area contributed by atoms with Crippen molar-refractivity contribution in [3.63, 3.8) is 0 Å². The maximum absolute atomic E-state index is 5.33. The Balaban J connectivity index is 1.58. The van der Waals surface area contributed by atoms with E-state index in [4.69, 9.17) is 21.5 Å². The molecule has 26 heavy (non-hydrogen) atoms. The predicted molar refractivity (Wildman–Crippen MR) is 105 cm³/mol. The third-order valence-corrected chi connectivity index (χ3v) is 4.09. The topological polar surface area (TPSA) is 72.2 Å². The zero-order chi connectivity index (χ0) is 18.5. The van der Waals surface area contributed by atoms with Gasteiger partial charge in [0.15, 0.2) is 5.11 Å². The van der Waals surface area contributed by atoms with Gasteiger partial charge >= 0.3 is 0 Å². The third-order valence-electron chi connectivity index (χ3n) is 3.85. The number of hydrogen-bond donors (Lipinski definition) is 2. The molecule has 3 aromatic rings. The molecule has 134 valence electrons. The molecule has 0 atom stereocenters. The number of nitrogens with zero attached hydrogens (tertiary/aromatic N) is 2. The van der Waals surface area contributed by atoms with Crippen LogP contribution in [-0.4, -0.2) is 22.4 Å². The van der Waals surface area contributed by atoms with Gasteiger partial charge in [-0.3, -0.25) is 0 Å². The standard InChI is InChI=1S/C19H20N4O2S/c1-12-4-9-16(13(2)10-12)21-19(26)20-11-17-22-18(23-25-17)14-5-7-15(24-3)8-6-14/h4-10H,11H2,1-3H3,(H2,20,21,26). The van der Waals surface area contributed by atoms with Gasteiger partial charge in [0, 0.05) is 11.3 Å². The molecule has 0 bridgehead atoms. The number of anilines is 1. The molecule has 0 saturated heterocycles. The van der Waals surface area contributed by atoms with Crippen molar-refractivity contribution in [3.05, 3.63) is 59.5 Å². The van der Waals surface area contributed by atoms with Gasteiger partial charge in [0.25, 0.3) is 0 Å². The largest absolute Gasteiger partial charge is 0.497 e. The van der Waals surface area contributed by atoms with E-state index in [1.165, 1.54) is 5.56 Å². The molecule has 0 aliphatic carbocycles. The molecule has 2 N–H and O–H groups in total. The summed E-state index contributed by atoms with van der Waals surface area (Å²) in [5.41, 5.74) is 4.17. The summed E-state index contributed by atoms with van der Waals surface area (Å²) in [6.45, 7) is 4.44. The molecule has 0 radical (unpaired) electrons. The van der Waals surface area contributed by atoms with Gasteiger partial charge in [-0.25, -0.2) is 0 Å². The lowest BCUT2D eigenvalue weighted by Gasteiger charge is -2.11. The summed E-state index contributed by atoms with van der Waals surface area (Å²) >= 11 is 5.33. The first-order valence-electron chi connectivity index (χ1n) is 8.14. The summed E-state index contributed by atoms with van der Waals surface area (Å²) in [7, 11) is 1.63. The van der Waals surface area contributed by atoms with Crippen molar-refractivity contribution in [1.29, 1.82) is 0 Å². The number of methoxy groups -OCH3 is 1. The minimum absolute atomic E-state index is 0.347. The predicted octanol–water partition coefficient (Wildman–Crippen LogP) is 3.85. The number of aromatic nitrogens is 2. The van der Waals surface area contributed by atoms with Gasteiger partial charge in [-0.2, -0.15) is 4.98 Å².